The number of aliphatic carboxylic acids is 1. The minimum atomic E-state index is -0.690. The van der Waals surface area contributed by atoms with Crippen LogP contribution in [-0.4, -0.2) is 11.1 Å². The Bertz CT molecular complexity index is 656. The molecule has 1 aliphatic rings. The highest BCUT2D eigenvalue weighted by Gasteiger charge is 2.52. The minimum Gasteiger partial charge on any atom is -0.481 e. The first kappa shape index (κ1) is 12.9. The van der Waals surface area contributed by atoms with Gasteiger partial charge in [0.2, 0.25) is 0 Å². The Hall–Kier alpha value is -1.13. The van der Waals surface area contributed by atoms with Crippen LogP contribution in [0.2, 0.25) is 0 Å². The van der Waals surface area contributed by atoms with Crippen LogP contribution in [0.4, 0.5) is 0 Å². The molecule has 1 saturated carbocycles. The lowest BCUT2D eigenvalue weighted by Crippen LogP contribution is -2.18. The van der Waals surface area contributed by atoms with Crippen LogP contribution in [0.5, 0.6) is 0 Å². The van der Waals surface area contributed by atoms with Crippen molar-refractivity contribution in [2.24, 2.45) is 0 Å². The number of hydrogen-bond donors (Lipinski definition) is 1. The Labute approximate surface area is 124 Å². The maximum Gasteiger partial charge on any atom is 0.314 e. The van der Waals surface area contributed by atoms with Crippen molar-refractivity contribution in [1.82, 2.24) is 0 Å². The number of thiophene rings is 1. The Balaban J connectivity index is 2.00. The van der Waals surface area contributed by atoms with Crippen LogP contribution in [0.15, 0.2) is 34.1 Å². The van der Waals surface area contributed by atoms with Gasteiger partial charge in [-0.3, -0.25) is 4.79 Å². The SMILES string of the molecule is Cc1cc(Br)ccc1-c1cc(C2(C(=O)O)CC2)cs1. The molecular formula is C15H13BrO2S. The summed E-state index contributed by atoms with van der Waals surface area (Å²) in [4.78, 5) is 12.5. The quantitative estimate of drug-likeness (QED) is 0.889. The standard InChI is InChI=1S/C15H13BrO2S/c1-9-6-11(16)2-3-12(9)13-7-10(8-19-13)15(4-5-15)14(17)18/h2-3,6-8H,4-5H2,1H3,(H,17,18). The molecule has 19 heavy (non-hydrogen) atoms. The number of aryl methyl sites for hydroxylation is 1. The molecular weight excluding hydrogens is 324 g/mol. The van der Waals surface area contributed by atoms with E-state index in [1.807, 2.05) is 17.5 Å². The summed E-state index contributed by atoms with van der Waals surface area (Å²) in [7, 11) is 0. The van der Waals surface area contributed by atoms with Gasteiger partial charge in [-0.15, -0.1) is 11.3 Å². The Morgan fingerprint density at radius 2 is 2.11 bits per heavy atom. The van der Waals surface area contributed by atoms with Gasteiger partial charge in [0.05, 0.1) is 5.41 Å². The number of benzene rings is 1. The van der Waals surface area contributed by atoms with Crippen LogP contribution in [0.25, 0.3) is 10.4 Å². The van der Waals surface area contributed by atoms with E-state index in [1.54, 1.807) is 11.3 Å². The molecule has 1 heterocycles. The summed E-state index contributed by atoms with van der Waals surface area (Å²) >= 11 is 5.09. The number of carboxylic acid groups (broad SMARTS) is 1. The van der Waals surface area contributed by atoms with E-state index < -0.39 is 11.4 Å². The maximum absolute atomic E-state index is 11.3. The maximum atomic E-state index is 11.3. The van der Waals surface area contributed by atoms with Crippen molar-refractivity contribution in [2.75, 3.05) is 0 Å². The fraction of sp³-hybridized carbons (Fsp3) is 0.267. The topological polar surface area (TPSA) is 37.3 Å². The minimum absolute atomic E-state index is 0.599. The normalized spacial score (nSPS) is 16.3. The molecule has 0 spiro atoms. The zero-order valence-electron chi connectivity index (χ0n) is 10.4. The summed E-state index contributed by atoms with van der Waals surface area (Å²) in [6, 6.07) is 8.22. The van der Waals surface area contributed by atoms with Gasteiger partial charge in [0, 0.05) is 9.35 Å². The molecule has 1 N–H and O–H groups in total. The molecule has 0 radical (unpaired) electrons. The third-order valence-corrected chi connectivity index (χ3v) is 5.22. The molecule has 0 unspecified atom stereocenters. The molecule has 98 valence electrons. The number of hydrogen-bond acceptors (Lipinski definition) is 2. The second kappa shape index (κ2) is 4.46. The summed E-state index contributed by atoms with van der Waals surface area (Å²) in [6.45, 7) is 2.07. The van der Waals surface area contributed by atoms with Crippen molar-refractivity contribution in [2.45, 2.75) is 25.2 Å². The largest absolute Gasteiger partial charge is 0.481 e. The zero-order chi connectivity index (χ0) is 13.6. The second-order valence-corrected chi connectivity index (χ2v) is 6.87. The van der Waals surface area contributed by atoms with Gasteiger partial charge in [-0.1, -0.05) is 22.0 Å². The second-order valence-electron chi connectivity index (χ2n) is 5.05. The summed E-state index contributed by atoms with van der Waals surface area (Å²) in [5.41, 5.74) is 2.74. The van der Waals surface area contributed by atoms with E-state index in [0.29, 0.717) is 0 Å². The van der Waals surface area contributed by atoms with Gasteiger partial charge in [-0.05, 0) is 60.0 Å². The van der Waals surface area contributed by atoms with Gasteiger partial charge in [0.15, 0.2) is 0 Å². The van der Waals surface area contributed by atoms with Crippen molar-refractivity contribution in [3.63, 3.8) is 0 Å². The van der Waals surface area contributed by atoms with Crippen molar-refractivity contribution < 1.29 is 9.90 Å². The lowest BCUT2D eigenvalue weighted by atomic mass is 9.98. The molecule has 0 amide bonds. The van der Waals surface area contributed by atoms with Crippen molar-refractivity contribution >= 4 is 33.2 Å². The third-order valence-electron chi connectivity index (χ3n) is 3.77. The molecule has 1 aromatic carbocycles. The molecule has 0 bridgehead atoms. The lowest BCUT2D eigenvalue weighted by molar-refractivity contribution is -0.140. The molecule has 1 fully saturated rings. The molecule has 2 nitrogen and oxygen atoms in total. The first-order chi connectivity index (χ1) is 9.03. The molecule has 0 aliphatic heterocycles. The first-order valence-corrected chi connectivity index (χ1v) is 7.79. The number of rotatable bonds is 3. The highest BCUT2D eigenvalue weighted by Crippen LogP contribution is 2.50. The van der Waals surface area contributed by atoms with E-state index in [9.17, 15) is 9.90 Å². The summed E-state index contributed by atoms with van der Waals surface area (Å²) in [6.07, 6.45) is 1.52. The van der Waals surface area contributed by atoms with Crippen molar-refractivity contribution in [1.29, 1.82) is 0 Å². The Morgan fingerprint density at radius 3 is 2.68 bits per heavy atom. The molecule has 0 saturated heterocycles. The Kier molecular flexibility index (Phi) is 3.02. The molecule has 3 rings (SSSR count). The van der Waals surface area contributed by atoms with Crippen LogP contribution < -0.4 is 0 Å². The van der Waals surface area contributed by atoms with Crippen LogP contribution >= 0.6 is 27.3 Å². The number of carbonyl (C=O) groups is 1. The number of halogens is 1. The van der Waals surface area contributed by atoms with Gasteiger partial charge in [-0.25, -0.2) is 0 Å². The predicted octanol–water partition coefficient (Wildman–Crippen LogP) is 4.60. The summed E-state index contributed by atoms with van der Waals surface area (Å²) in [5.74, 6) is -0.690. The predicted molar refractivity (Wildman–Crippen MR) is 80.7 cm³/mol. The van der Waals surface area contributed by atoms with Crippen LogP contribution in [0.3, 0.4) is 0 Å². The van der Waals surface area contributed by atoms with E-state index in [2.05, 4.69) is 35.0 Å². The van der Waals surface area contributed by atoms with Crippen molar-refractivity contribution in [3.05, 3.63) is 45.2 Å². The van der Waals surface area contributed by atoms with Gasteiger partial charge in [-0.2, -0.15) is 0 Å². The average molecular weight is 337 g/mol. The summed E-state index contributed by atoms with van der Waals surface area (Å²) in [5, 5.41) is 11.3. The monoisotopic (exact) mass is 336 g/mol. The van der Waals surface area contributed by atoms with Crippen LogP contribution in [0.1, 0.15) is 24.0 Å². The van der Waals surface area contributed by atoms with E-state index in [-0.39, 0.29) is 0 Å². The zero-order valence-corrected chi connectivity index (χ0v) is 12.8. The van der Waals surface area contributed by atoms with E-state index in [0.717, 1.165) is 27.8 Å². The van der Waals surface area contributed by atoms with Gasteiger partial charge in [0.25, 0.3) is 0 Å². The average Bonchev–Trinajstić information content (AvgIpc) is 3.03. The molecule has 1 aromatic heterocycles. The molecule has 1 aliphatic carbocycles. The van der Waals surface area contributed by atoms with Crippen LogP contribution in [0, 0.1) is 6.92 Å². The van der Waals surface area contributed by atoms with Gasteiger partial charge >= 0.3 is 5.97 Å². The third kappa shape index (κ3) is 2.13. The molecule has 0 atom stereocenters. The van der Waals surface area contributed by atoms with E-state index in [4.69, 9.17) is 0 Å². The highest BCUT2D eigenvalue weighted by molar-refractivity contribution is 9.10. The number of carboxylic acids is 1. The summed E-state index contributed by atoms with van der Waals surface area (Å²) < 4.78 is 1.06. The molecule has 4 heteroatoms. The van der Waals surface area contributed by atoms with E-state index in [1.165, 1.54) is 11.1 Å². The smallest absolute Gasteiger partial charge is 0.314 e. The first-order valence-electron chi connectivity index (χ1n) is 6.12. The lowest BCUT2D eigenvalue weighted by Gasteiger charge is -2.06. The van der Waals surface area contributed by atoms with E-state index >= 15 is 0 Å². The highest BCUT2D eigenvalue weighted by atomic mass is 79.9. The molecule has 2 aromatic rings. The van der Waals surface area contributed by atoms with Crippen molar-refractivity contribution in [3.8, 4) is 10.4 Å². The van der Waals surface area contributed by atoms with Crippen LogP contribution in [-0.2, 0) is 10.2 Å². The fourth-order valence-corrected chi connectivity index (χ4v) is 3.96. The fourth-order valence-electron chi connectivity index (χ4n) is 2.38. The van der Waals surface area contributed by atoms with Gasteiger partial charge < -0.3 is 5.11 Å². The Morgan fingerprint density at radius 1 is 1.37 bits per heavy atom. The van der Waals surface area contributed by atoms with Gasteiger partial charge in [0.1, 0.15) is 0 Å².